The minimum Gasteiger partial charge on any atom is -0.399 e. The van der Waals surface area contributed by atoms with Gasteiger partial charge in [0.1, 0.15) is 0 Å². The predicted molar refractivity (Wildman–Crippen MR) is 91.1 cm³/mol. The largest absolute Gasteiger partial charge is 0.505 e. The average Bonchev–Trinajstić information content (AvgIpc) is 2.97. The topological polar surface area (TPSA) is 36.9 Å². The van der Waals surface area contributed by atoms with Crippen molar-refractivity contribution in [2.45, 2.75) is 52.2 Å². The fourth-order valence-corrected chi connectivity index (χ4v) is 3.10. The van der Waals surface area contributed by atoms with Crippen LogP contribution in [0, 0.1) is 0 Å². The highest BCUT2D eigenvalue weighted by Gasteiger charge is 2.52. The highest BCUT2D eigenvalue weighted by Crippen LogP contribution is 2.36. The molecule has 0 aliphatic carbocycles. The number of hydrogen-bond acceptors (Lipinski definition) is 5. The number of thiophene rings is 1. The van der Waals surface area contributed by atoms with Crippen molar-refractivity contribution in [2.24, 2.45) is 0 Å². The van der Waals surface area contributed by atoms with E-state index < -0.39 is 0 Å². The molecule has 6 heteroatoms. The molecule has 124 valence electrons. The fraction of sp³-hybridized carbons (Fsp3) is 0.750. The Bertz CT molecular complexity index is 456. The Morgan fingerprint density at radius 2 is 1.64 bits per heavy atom. The van der Waals surface area contributed by atoms with E-state index in [1.165, 1.54) is 4.88 Å². The van der Waals surface area contributed by atoms with Crippen molar-refractivity contribution < 1.29 is 18.8 Å². The van der Waals surface area contributed by atoms with Gasteiger partial charge in [0, 0.05) is 22.7 Å². The van der Waals surface area contributed by atoms with Crippen LogP contribution in [0.25, 0.3) is 0 Å². The first kappa shape index (κ1) is 18.0. The van der Waals surface area contributed by atoms with Gasteiger partial charge >= 0.3 is 7.12 Å². The zero-order valence-corrected chi connectivity index (χ0v) is 15.1. The molecule has 1 aliphatic heterocycles. The highest BCUT2D eigenvalue weighted by atomic mass is 32.1. The van der Waals surface area contributed by atoms with E-state index in [1.54, 1.807) is 11.3 Å². The Morgan fingerprint density at radius 1 is 1.00 bits per heavy atom. The van der Waals surface area contributed by atoms with Gasteiger partial charge in [-0.3, -0.25) is 0 Å². The van der Waals surface area contributed by atoms with Gasteiger partial charge in [-0.2, -0.15) is 0 Å². The van der Waals surface area contributed by atoms with E-state index in [9.17, 15) is 0 Å². The third-order valence-electron chi connectivity index (χ3n) is 4.24. The maximum Gasteiger partial charge on any atom is 0.505 e. The summed E-state index contributed by atoms with van der Waals surface area (Å²) in [7, 11) is -0.261. The molecule has 0 aromatic carbocycles. The van der Waals surface area contributed by atoms with Crippen LogP contribution in [0.3, 0.4) is 0 Å². The number of rotatable bonds is 8. The molecule has 1 aromatic rings. The summed E-state index contributed by atoms with van der Waals surface area (Å²) in [5, 5.41) is 0. The second-order valence-electron chi connectivity index (χ2n) is 6.45. The van der Waals surface area contributed by atoms with Crippen LogP contribution in [-0.2, 0) is 25.2 Å². The van der Waals surface area contributed by atoms with Crippen LogP contribution in [-0.4, -0.2) is 44.7 Å². The molecule has 0 unspecified atom stereocenters. The highest BCUT2D eigenvalue weighted by molar-refractivity contribution is 7.22. The molecule has 0 bridgehead atoms. The van der Waals surface area contributed by atoms with Crippen LogP contribution in [0.4, 0.5) is 0 Å². The van der Waals surface area contributed by atoms with Gasteiger partial charge in [-0.05, 0) is 40.7 Å². The van der Waals surface area contributed by atoms with E-state index in [0.717, 1.165) is 24.4 Å². The van der Waals surface area contributed by atoms with Crippen molar-refractivity contribution in [2.75, 3.05) is 26.4 Å². The molecule has 1 aromatic heterocycles. The van der Waals surface area contributed by atoms with E-state index in [-0.39, 0.29) is 18.3 Å². The lowest BCUT2D eigenvalue weighted by Gasteiger charge is -2.32. The van der Waals surface area contributed by atoms with Crippen molar-refractivity contribution in [3.05, 3.63) is 17.0 Å². The molecule has 4 nitrogen and oxygen atoms in total. The monoisotopic (exact) mass is 326 g/mol. The Morgan fingerprint density at radius 3 is 2.27 bits per heavy atom. The quantitative estimate of drug-likeness (QED) is 0.544. The minimum absolute atomic E-state index is 0.261. The lowest BCUT2D eigenvalue weighted by molar-refractivity contribution is 0.00578. The summed E-state index contributed by atoms with van der Waals surface area (Å²) < 4.78 is 24.1. The van der Waals surface area contributed by atoms with Gasteiger partial charge in [0.15, 0.2) is 0 Å². The molecular formula is C16H27BO4S. The molecule has 0 saturated carbocycles. The molecule has 0 radical (unpaired) electrons. The molecule has 0 spiro atoms. The molecule has 2 heterocycles. The average molecular weight is 326 g/mol. The van der Waals surface area contributed by atoms with Gasteiger partial charge in [0.25, 0.3) is 0 Å². The van der Waals surface area contributed by atoms with E-state index >= 15 is 0 Å². The summed E-state index contributed by atoms with van der Waals surface area (Å²) >= 11 is 1.74. The second-order valence-corrected chi connectivity index (χ2v) is 7.65. The van der Waals surface area contributed by atoms with Gasteiger partial charge in [-0.25, -0.2) is 0 Å². The third kappa shape index (κ3) is 4.33. The first-order valence-electron chi connectivity index (χ1n) is 7.95. The van der Waals surface area contributed by atoms with Crippen molar-refractivity contribution in [3.63, 3.8) is 0 Å². The van der Waals surface area contributed by atoms with Crippen molar-refractivity contribution in [1.82, 2.24) is 0 Å². The molecule has 0 atom stereocenters. The third-order valence-corrected chi connectivity index (χ3v) is 5.40. The Kier molecular flexibility index (Phi) is 6.08. The first-order valence-corrected chi connectivity index (χ1v) is 8.77. The van der Waals surface area contributed by atoms with Crippen LogP contribution in [0.2, 0.25) is 0 Å². The predicted octanol–water partition coefficient (Wildman–Crippen LogP) is 2.64. The molecule has 0 N–H and O–H groups in total. The van der Waals surface area contributed by atoms with Crippen molar-refractivity contribution in [3.8, 4) is 0 Å². The van der Waals surface area contributed by atoms with E-state index in [0.29, 0.717) is 13.2 Å². The van der Waals surface area contributed by atoms with Gasteiger partial charge in [0.2, 0.25) is 0 Å². The lowest BCUT2D eigenvalue weighted by Crippen LogP contribution is -2.41. The molecule has 22 heavy (non-hydrogen) atoms. The van der Waals surface area contributed by atoms with Crippen molar-refractivity contribution >= 4 is 23.2 Å². The minimum atomic E-state index is -0.287. The zero-order valence-electron chi connectivity index (χ0n) is 14.3. The smallest absolute Gasteiger partial charge is 0.399 e. The molecular weight excluding hydrogens is 299 g/mol. The fourth-order valence-electron chi connectivity index (χ4n) is 2.15. The van der Waals surface area contributed by atoms with E-state index in [2.05, 4.69) is 39.8 Å². The van der Waals surface area contributed by atoms with E-state index in [4.69, 9.17) is 18.8 Å². The normalized spacial score (nSPS) is 19.8. The Hall–Kier alpha value is -0.395. The lowest BCUT2D eigenvalue weighted by atomic mass is 9.88. The summed E-state index contributed by atoms with van der Waals surface area (Å²) in [5.74, 6) is 0. The van der Waals surface area contributed by atoms with E-state index in [1.807, 2.05) is 6.92 Å². The number of ether oxygens (including phenoxy) is 2. The standard InChI is InChI=1S/C16H27BO4S/c1-6-18-11-12-19-10-9-13-7-8-14(22-13)17-20-15(2,3)16(4,5)21-17/h7-8H,6,9-12H2,1-5H3. The van der Waals surface area contributed by atoms with Crippen LogP contribution >= 0.6 is 11.3 Å². The SMILES string of the molecule is CCOCCOCCc1ccc(B2OC(C)(C)C(C)(C)O2)s1. The van der Waals surface area contributed by atoms with Crippen LogP contribution in [0.5, 0.6) is 0 Å². The Balaban J connectivity index is 1.80. The number of hydrogen-bond donors (Lipinski definition) is 0. The zero-order chi connectivity index (χ0) is 16.2. The molecule has 2 rings (SSSR count). The molecule has 1 aliphatic rings. The summed E-state index contributed by atoms with van der Waals surface area (Å²) in [6.07, 6.45) is 0.913. The summed E-state index contributed by atoms with van der Waals surface area (Å²) in [6, 6.07) is 4.24. The summed E-state index contributed by atoms with van der Waals surface area (Å²) in [6.45, 7) is 13.1. The molecule has 1 fully saturated rings. The summed E-state index contributed by atoms with van der Waals surface area (Å²) in [5.41, 5.74) is -0.575. The molecule has 0 amide bonds. The van der Waals surface area contributed by atoms with Gasteiger partial charge in [0.05, 0.1) is 31.0 Å². The maximum absolute atomic E-state index is 6.07. The second kappa shape index (κ2) is 7.45. The Labute approximate surface area is 138 Å². The van der Waals surface area contributed by atoms with Gasteiger partial charge in [-0.1, -0.05) is 6.07 Å². The van der Waals surface area contributed by atoms with Crippen LogP contribution in [0.1, 0.15) is 39.5 Å². The van der Waals surface area contributed by atoms with Gasteiger partial charge < -0.3 is 18.8 Å². The van der Waals surface area contributed by atoms with Crippen molar-refractivity contribution in [1.29, 1.82) is 0 Å². The van der Waals surface area contributed by atoms with Crippen LogP contribution < -0.4 is 4.78 Å². The maximum atomic E-state index is 6.07. The summed E-state index contributed by atoms with van der Waals surface area (Å²) in [4.78, 5) is 1.29. The van der Waals surface area contributed by atoms with Crippen LogP contribution in [0.15, 0.2) is 12.1 Å². The van der Waals surface area contributed by atoms with Gasteiger partial charge in [-0.15, -0.1) is 11.3 Å². The molecule has 1 saturated heterocycles. The first-order chi connectivity index (χ1) is 10.4.